The van der Waals surface area contributed by atoms with Crippen LogP contribution in [0, 0.1) is 13.8 Å². The second-order valence-corrected chi connectivity index (χ2v) is 7.64. The number of hydrogen-bond acceptors (Lipinski definition) is 5. The number of pyridine rings is 2. The lowest BCUT2D eigenvalue weighted by Gasteiger charge is -2.15. The molecule has 1 N–H and O–H groups in total. The lowest BCUT2D eigenvalue weighted by atomic mass is 10.0. The molecule has 0 saturated heterocycles. The minimum atomic E-state index is -0.0981. The third kappa shape index (κ3) is 3.70. The summed E-state index contributed by atoms with van der Waals surface area (Å²) in [4.78, 5) is 21.3. The number of aromatic nitrogens is 2. The van der Waals surface area contributed by atoms with Crippen molar-refractivity contribution < 1.29 is 4.42 Å². The topological polar surface area (TPSA) is 68.0 Å². The average molecular weight is 438 g/mol. The van der Waals surface area contributed by atoms with Crippen molar-refractivity contribution in [1.82, 2.24) is 9.97 Å². The van der Waals surface area contributed by atoms with Gasteiger partial charge in [-0.1, -0.05) is 29.8 Å². The summed E-state index contributed by atoms with van der Waals surface area (Å²) in [6, 6.07) is 10.7. The summed E-state index contributed by atoms with van der Waals surface area (Å²) in [6.07, 6.45) is 3.33. The molecule has 0 unspecified atom stereocenters. The van der Waals surface area contributed by atoms with Crippen LogP contribution in [0.3, 0.4) is 0 Å². The van der Waals surface area contributed by atoms with Crippen molar-refractivity contribution in [3.8, 4) is 11.3 Å². The lowest BCUT2D eigenvalue weighted by Crippen LogP contribution is -2.10. The van der Waals surface area contributed by atoms with Crippen molar-refractivity contribution in [2.24, 2.45) is 0 Å². The van der Waals surface area contributed by atoms with Gasteiger partial charge in [0.05, 0.1) is 11.1 Å². The van der Waals surface area contributed by atoms with Gasteiger partial charge in [-0.15, -0.1) is 0 Å². The zero-order valence-corrected chi connectivity index (χ0v) is 17.8. The van der Waals surface area contributed by atoms with E-state index >= 15 is 0 Å². The van der Waals surface area contributed by atoms with Gasteiger partial charge in [0.1, 0.15) is 16.5 Å². The van der Waals surface area contributed by atoms with Gasteiger partial charge in [-0.25, -0.2) is 4.98 Å². The number of halogens is 2. The van der Waals surface area contributed by atoms with E-state index in [2.05, 4.69) is 21.9 Å². The van der Waals surface area contributed by atoms with E-state index in [-0.39, 0.29) is 10.6 Å². The average Bonchev–Trinajstić information content (AvgIpc) is 2.73. The third-order valence-electron chi connectivity index (χ3n) is 4.71. The van der Waals surface area contributed by atoms with Crippen molar-refractivity contribution in [2.45, 2.75) is 13.8 Å². The van der Waals surface area contributed by atoms with Crippen LogP contribution in [0.1, 0.15) is 16.7 Å². The van der Waals surface area contributed by atoms with E-state index in [1.807, 2.05) is 25.1 Å². The van der Waals surface area contributed by atoms with E-state index in [9.17, 15) is 4.79 Å². The first-order chi connectivity index (χ1) is 14.3. The molecule has 0 spiro atoms. The minimum absolute atomic E-state index is 0.0981. The zero-order chi connectivity index (χ0) is 21.4. The van der Waals surface area contributed by atoms with Crippen LogP contribution in [0.2, 0.25) is 10.3 Å². The molecule has 3 heterocycles. The summed E-state index contributed by atoms with van der Waals surface area (Å²) < 4.78 is 6.24. The van der Waals surface area contributed by atoms with E-state index in [1.165, 1.54) is 0 Å². The maximum absolute atomic E-state index is 13.1. The smallest absolute Gasteiger partial charge is 0.196 e. The Morgan fingerprint density at radius 1 is 1.17 bits per heavy atom. The van der Waals surface area contributed by atoms with Gasteiger partial charge in [0.25, 0.3) is 0 Å². The molecule has 0 atom stereocenters. The number of benzene rings is 1. The molecular weight excluding hydrogens is 421 g/mol. The molecule has 0 amide bonds. The largest absolute Gasteiger partial charge is 0.455 e. The molecule has 1 aromatic carbocycles. The number of hydrogen-bond donors (Lipinski definition) is 1. The molecular formula is C23H17Cl2N3O2. The lowest BCUT2D eigenvalue weighted by molar-refractivity contribution is 0.612. The van der Waals surface area contributed by atoms with Crippen LogP contribution in [-0.2, 0) is 0 Å². The SMILES string of the molecule is C=C(Nc1ccc(Cl)nc1Cl)c1cc(C)cc2c(=O)c(C)c(-c3cccnc3)oc12. The summed E-state index contributed by atoms with van der Waals surface area (Å²) in [5.74, 6) is 0.477. The van der Waals surface area contributed by atoms with Crippen molar-refractivity contribution in [3.63, 3.8) is 0 Å². The number of nitrogens with zero attached hydrogens (tertiary/aromatic N) is 2. The predicted molar refractivity (Wildman–Crippen MR) is 122 cm³/mol. The summed E-state index contributed by atoms with van der Waals surface area (Å²) in [7, 11) is 0. The first-order valence-corrected chi connectivity index (χ1v) is 9.87. The second kappa shape index (κ2) is 7.94. The summed E-state index contributed by atoms with van der Waals surface area (Å²) in [5, 5.41) is 4.14. The fourth-order valence-electron chi connectivity index (χ4n) is 3.27. The van der Waals surface area contributed by atoms with Crippen LogP contribution in [0.15, 0.2) is 64.6 Å². The van der Waals surface area contributed by atoms with E-state index < -0.39 is 0 Å². The van der Waals surface area contributed by atoms with Gasteiger partial charge in [-0.3, -0.25) is 9.78 Å². The van der Waals surface area contributed by atoms with Crippen LogP contribution in [-0.4, -0.2) is 9.97 Å². The molecule has 7 heteroatoms. The Morgan fingerprint density at radius 3 is 2.67 bits per heavy atom. The maximum Gasteiger partial charge on any atom is 0.196 e. The molecule has 0 aliphatic heterocycles. The first kappa shape index (κ1) is 20.1. The van der Waals surface area contributed by atoms with E-state index in [0.29, 0.717) is 44.4 Å². The van der Waals surface area contributed by atoms with Crippen LogP contribution >= 0.6 is 23.2 Å². The molecule has 5 nitrogen and oxygen atoms in total. The molecule has 150 valence electrons. The van der Waals surface area contributed by atoms with Crippen LogP contribution in [0.5, 0.6) is 0 Å². The molecule has 0 aliphatic carbocycles. The Bertz CT molecular complexity index is 1350. The third-order valence-corrected chi connectivity index (χ3v) is 5.21. The van der Waals surface area contributed by atoms with E-state index in [1.54, 1.807) is 37.5 Å². The highest BCUT2D eigenvalue weighted by Crippen LogP contribution is 2.32. The Labute approximate surface area is 183 Å². The normalized spacial score (nSPS) is 10.9. The van der Waals surface area contributed by atoms with Crippen LogP contribution in [0.25, 0.3) is 28.0 Å². The molecule has 0 aliphatic rings. The molecule has 3 aromatic heterocycles. The van der Waals surface area contributed by atoms with Crippen LogP contribution < -0.4 is 10.7 Å². The highest BCUT2D eigenvalue weighted by Gasteiger charge is 2.18. The van der Waals surface area contributed by atoms with Gasteiger partial charge in [-0.05, 0) is 55.8 Å². The second-order valence-electron chi connectivity index (χ2n) is 6.89. The monoisotopic (exact) mass is 437 g/mol. The van der Waals surface area contributed by atoms with Gasteiger partial charge < -0.3 is 9.73 Å². The maximum atomic E-state index is 13.1. The molecule has 0 saturated carbocycles. The minimum Gasteiger partial charge on any atom is -0.455 e. The van der Waals surface area contributed by atoms with Crippen molar-refractivity contribution in [1.29, 1.82) is 0 Å². The Morgan fingerprint density at radius 2 is 1.97 bits per heavy atom. The molecule has 0 bridgehead atoms. The molecule has 0 radical (unpaired) electrons. The number of rotatable bonds is 4. The highest BCUT2D eigenvalue weighted by molar-refractivity contribution is 6.34. The first-order valence-electron chi connectivity index (χ1n) is 9.12. The van der Waals surface area contributed by atoms with Gasteiger partial charge in [0.15, 0.2) is 10.6 Å². The zero-order valence-electron chi connectivity index (χ0n) is 16.3. The fourth-order valence-corrected chi connectivity index (χ4v) is 3.66. The van der Waals surface area contributed by atoms with Crippen molar-refractivity contribution in [3.05, 3.63) is 92.6 Å². The summed E-state index contributed by atoms with van der Waals surface area (Å²) in [5.41, 5.74) is 4.20. The summed E-state index contributed by atoms with van der Waals surface area (Å²) in [6.45, 7) is 7.79. The molecule has 4 aromatic rings. The van der Waals surface area contributed by atoms with Gasteiger partial charge >= 0.3 is 0 Å². The van der Waals surface area contributed by atoms with Crippen LogP contribution in [0.4, 0.5) is 5.69 Å². The van der Waals surface area contributed by atoms with Gasteiger partial charge in [0.2, 0.25) is 0 Å². The molecule has 30 heavy (non-hydrogen) atoms. The Hall–Kier alpha value is -3.15. The van der Waals surface area contributed by atoms with E-state index in [0.717, 1.165) is 11.1 Å². The number of fused-ring (bicyclic) bond motifs is 1. The molecule has 4 rings (SSSR count). The quantitative estimate of drug-likeness (QED) is 0.381. The predicted octanol–water partition coefficient (Wildman–Crippen LogP) is 6.26. The van der Waals surface area contributed by atoms with E-state index in [4.69, 9.17) is 27.6 Å². The summed E-state index contributed by atoms with van der Waals surface area (Å²) >= 11 is 12.1. The highest BCUT2D eigenvalue weighted by atomic mass is 35.5. The number of anilines is 1. The number of aryl methyl sites for hydroxylation is 1. The Balaban J connectivity index is 1.90. The fraction of sp³-hybridized carbons (Fsp3) is 0.0870. The van der Waals surface area contributed by atoms with Gasteiger partial charge in [-0.2, -0.15) is 0 Å². The number of nitrogens with one attached hydrogen (secondary N) is 1. The van der Waals surface area contributed by atoms with Crippen molar-refractivity contribution in [2.75, 3.05) is 5.32 Å². The standard InChI is InChI=1S/C23H17Cl2N3O2/c1-12-9-16(14(3)27-18-6-7-19(24)28-23(18)25)22-17(10-12)20(29)13(2)21(30-22)15-5-4-8-26-11-15/h4-11,27H,3H2,1-2H3. The van der Waals surface area contributed by atoms with Gasteiger partial charge in [0, 0.05) is 34.8 Å². The molecule has 0 fully saturated rings. The Kier molecular flexibility index (Phi) is 5.33. The van der Waals surface area contributed by atoms with Crippen molar-refractivity contribution >= 4 is 45.6 Å².